The van der Waals surface area contributed by atoms with Crippen LogP contribution in [0.4, 0.5) is 5.69 Å². The van der Waals surface area contributed by atoms with Crippen molar-refractivity contribution in [3.63, 3.8) is 0 Å². The van der Waals surface area contributed by atoms with Gasteiger partial charge in [-0.25, -0.2) is 9.89 Å². The largest absolute Gasteiger partial charge is 0.398 e. The molecule has 5 N–H and O–H groups in total. The van der Waals surface area contributed by atoms with Gasteiger partial charge in [0, 0.05) is 12.1 Å². The Labute approximate surface area is 95.7 Å². The number of aromatic nitrogens is 3. The van der Waals surface area contributed by atoms with Crippen LogP contribution in [0.2, 0.25) is 0 Å². The number of hydrogen-bond acceptors (Lipinski definition) is 5. The summed E-state index contributed by atoms with van der Waals surface area (Å²) in [6, 6.07) is 7.10. The van der Waals surface area contributed by atoms with Crippen molar-refractivity contribution in [3.05, 3.63) is 56.4 Å². The standard InChI is InChI=1S/C10H11N5O2/c11-7-4-2-1-3-6(7)5-8-9(16)15(12)10(17)14-13-8/h1-4H,5,11-12H2,(H,14,17). The van der Waals surface area contributed by atoms with Crippen molar-refractivity contribution in [2.75, 3.05) is 11.6 Å². The van der Waals surface area contributed by atoms with Crippen molar-refractivity contribution >= 4 is 5.69 Å². The second kappa shape index (κ2) is 4.12. The Morgan fingerprint density at radius 3 is 2.71 bits per heavy atom. The molecule has 0 aliphatic heterocycles. The van der Waals surface area contributed by atoms with Crippen LogP contribution in [-0.4, -0.2) is 14.9 Å². The normalized spacial score (nSPS) is 10.4. The number of para-hydroxylation sites is 1. The van der Waals surface area contributed by atoms with Crippen LogP contribution in [0.15, 0.2) is 33.9 Å². The van der Waals surface area contributed by atoms with Crippen molar-refractivity contribution < 1.29 is 0 Å². The van der Waals surface area contributed by atoms with Gasteiger partial charge in [-0.15, -0.1) is 0 Å². The molecule has 0 saturated heterocycles. The SMILES string of the molecule is Nc1ccccc1Cc1n[nH]c(=O)n(N)c1=O. The van der Waals surface area contributed by atoms with Gasteiger partial charge in [0.2, 0.25) is 0 Å². The Hall–Kier alpha value is -2.57. The molecule has 1 aromatic carbocycles. The Morgan fingerprint density at radius 1 is 1.29 bits per heavy atom. The van der Waals surface area contributed by atoms with E-state index in [4.69, 9.17) is 11.6 Å². The van der Waals surface area contributed by atoms with E-state index in [2.05, 4.69) is 10.2 Å². The molecule has 0 spiro atoms. The van der Waals surface area contributed by atoms with E-state index in [0.29, 0.717) is 10.4 Å². The summed E-state index contributed by atoms with van der Waals surface area (Å²) >= 11 is 0. The van der Waals surface area contributed by atoms with E-state index < -0.39 is 11.2 Å². The molecule has 17 heavy (non-hydrogen) atoms. The van der Waals surface area contributed by atoms with Gasteiger partial charge in [-0.3, -0.25) is 4.79 Å². The summed E-state index contributed by atoms with van der Waals surface area (Å²) < 4.78 is 0.488. The Balaban J connectivity index is 2.45. The molecule has 0 fully saturated rings. The first-order valence-corrected chi connectivity index (χ1v) is 4.88. The zero-order valence-corrected chi connectivity index (χ0v) is 8.88. The number of H-pyrrole nitrogens is 1. The summed E-state index contributed by atoms with van der Waals surface area (Å²) in [5.74, 6) is 5.26. The number of nitrogens with one attached hydrogen (secondary N) is 1. The van der Waals surface area contributed by atoms with E-state index in [1.807, 2.05) is 0 Å². The highest BCUT2D eigenvalue weighted by Gasteiger charge is 2.09. The van der Waals surface area contributed by atoms with E-state index in [0.717, 1.165) is 5.56 Å². The Morgan fingerprint density at radius 2 is 2.00 bits per heavy atom. The van der Waals surface area contributed by atoms with Crippen LogP contribution in [-0.2, 0) is 6.42 Å². The average molecular weight is 233 g/mol. The first kappa shape index (κ1) is 10.9. The molecule has 0 radical (unpaired) electrons. The predicted molar refractivity (Wildman–Crippen MR) is 62.9 cm³/mol. The number of nitrogens with two attached hydrogens (primary N) is 2. The second-order valence-corrected chi connectivity index (χ2v) is 3.53. The third kappa shape index (κ3) is 2.03. The molecule has 0 amide bonds. The number of aromatic amines is 1. The van der Waals surface area contributed by atoms with Crippen LogP contribution < -0.4 is 22.8 Å². The quantitative estimate of drug-likeness (QED) is 0.445. The first-order chi connectivity index (χ1) is 8.09. The first-order valence-electron chi connectivity index (χ1n) is 4.88. The lowest BCUT2D eigenvalue weighted by atomic mass is 10.1. The van der Waals surface area contributed by atoms with Crippen molar-refractivity contribution in [1.82, 2.24) is 14.9 Å². The molecule has 1 aromatic heterocycles. The van der Waals surface area contributed by atoms with Crippen molar-refractivity contribution in [2.24, 2.45) is 0 Å². The fourth-order valence-corrected chi connectivity index (χ4v) is 1.44. The predicted octanol–water partition coefficient (Wildman–Crippen LogP) is -1.18. The molecule has 0 bridgehead atoms. The molecular formula is C10H11N5O2. The highest BCUT2D eigenvalue weighted by molar-refractivity contribution is 5.47. The summed E-state index contributed by atoms with van der Waals surface area (Å²) in [5.41, 5.74) is 5.82. The van der Waals surface area contributed by atoms with Gasteiger partial charge < -0.3 is 11.6 Å². The monoisotopic (exact) mass is 233 g/mol. The maximum absolute atomic E-state index is 11.6. The summed E-state index contributed by atoms with van der Waals surface area (Å²) in [4.78, 5) is 22.6. The number of nitrogens with zero attached hydrogens (tertiary/aromatic N) is 2. The maximum Gasteiger partial charge on any atom is 0.363 e. The smallest absolute Gasteiger partial charge is 0.363 e. The highest BCUT2D eigenvalue weighted by Crippen LogP contribution is 2.12. The summed E-state index contributed by atoms with van der Waals surface area (Å²) in [5, 5.41) is 5.81. The third-order valence-corrected chi connectivity index (χ3v) is 2.38. The molecule has 0 aliphatic rings. The maximum atomic E-state index is 11.6. The lowest BCUT2D eigenvalue weighted by Crippen LogP contribution is -2.43. The fraction of sp³-hybridized carbons (Fsp3) is 0.100. The Bertz CT molecular complexity index is 658. The van der Waals surface area contributed by atoms with Crippen molar-refractivity contribution in [2.45, 2.75) is 6.42 Å². The van der Waals surface area contributed by atoms with Crippen LogP contribution in [0.25, 0.3) is 0 Å². The molecule has 7 nitrogen and oxygen atoms in total. The molecule has 1 heterocycles. The van der Waals surface area contributed by atoms with Gasteiger partial charge in [0.15, 0.2) is 0 Å². The van der Waals surface area contributed by atoms with E-state index in [9.17, 15) is 9.59 Å². The summed E-state index contributed by atoms with van der Waals surface area (Å²) in [6.07, 6.45) is 0.222. The molecule has 2 rings (SSSR count). The zero-order valence-electron chi connectivity index (χ0n) is 8.88. The lowest BCUT2D eigenvalue weighted by molar-refractivity contribution is 0.733. The fourth-order valence-electron chi connectivity index (χ4n) is 1.44. The van der Waals surface area contributed by atoms with Crippen LogP contribution in [0.1, 0.15) is 11.3 Å². The minimum Gasteiger partial charge on any atom is -0.398 e. The molecule has 2 aromatic rings. The van der Waals surface area contributed by atoms with E-state index in [1.165, 1.54) is 0 Å². The zero-order chi connectivity index (χ0) is 12.4. The molecule has 0 atom stereocenters. The molecule has 0 unspecified atom stereocenters. The summed E-state index contributed by atoms with van der Waals surface area (Å²) in [6.45, 7) is 0. The lowest BCUT2D eigenvalue weighted by Gasteiger charge is -2.04. The topological polar surface area (TPSA) is 120 Å². The van der Waals surface area contributed by atoms with Crippen molar-refractivity contribution in [3.8, 4) is 0 Å². The molecule has 7 heteroatoms. The number of rotatable bonds is 2. The Kier molecular flexibility index (Phi) is 2.65. The van der Waals surface area contributed by atoms with Gasteiger partial charge in [0.1, 0.15) is 5.69 Å². The number of hydrogen-bond donors (Lipinski definition) is 3. The molecule has 0 aliphatic carbocycles. The van der Waals surface area contributed by atoms with Crippen LogP contribution in [0.5, 0.6) is 0 Å². The van der Waals surface area contributed by atoms with Gasteiger partial charge in [-0.2, -0.15) is 9.77 Å². The van der Waals surface area contributed by atoms with E-state index >= 15 is 0 Å². The van der Waals surface area contributed by atoms with Crippen molar-refractivity contribution in [1.29, 1.82) is 0 Å². The van der Waals surface area contributed by atoms with Crippen LogP contribution >= 0.6 is 0 Å². The molecular weight excluding hydrogens is 222 g/mol. The second-order valence-electron chi connectivity index (χ2n) is 3.53. The number of nitrogen functional groups attached to an aromatic ring is 2. The highest BCUT2D eigenvalue weighted by atomic mass is 16.2. The average Bonchev–Trinajstić information content (AvgIpc) is 2.32. The van der Waals surface area contributed by atoms with Gasteiger partial charge in [-0.05, 0) is 11.6 Å². The number of benzene rings is 1. The minimum atomic E-state index is -0.750. The van der Waals surface area contributed by atoms with Crippen LogP contribution in [0, 0.1) is 0 Å². The van der Waals surface area contributed by atoms with Gasteiger partial charge in [0.05, 0.1) is 0 Å². The van der Waals surface area contributed by atoms with Crippen LogP contribution in [0.3, 0.4) is 0 Å². The van der Waals surface area contributed by atoms with Gasteiger partial charge in [-0.1, -0.05) is 18.2 Å². The third-order valence-electron chi connectivity index (χ3n) is 2.38. The molecule has 0 saturated carbocycles. The van der Waals surface area contributed by atoms with E-state index in [1.54, 1.807) is 24.3 Å². The summed E-state index contributed by atoms with van der Waals surface area (Å²) in [7, 11) is 0. The van der Waals surface area contributed by atoms with E-state index in [-0.39, 0.29) is 12.1 Å². The molecule has 88 valence electrons. The number of anilines is 1. The van der Waals surface area contributed by atoms with Gasteiger partial charge >= 0.3 is 5.69 Å². The minimum absolute atomic E-state index is 0.144. The van der Waals surface area contributed by atoms with Gasteiger partial charge in [0.25, 0.3) is 5.56 Å².